The molecule has 5 heteroatoms. The summed E-state index contributed by atoms with van der Waals surface area (Å²) in [6, 6.07) is 4.54. The topological polar surface area (TPSA) is 40.6 Å². The number of nitrogens with zero attached hydrogens (tertiary/aromatic N) is 2. The van der Waals surface area contributed by atoms with E-state index in [1.165, 1.54) is 6.07 Å². The van der Waals surface area contributed by atoms with E-state index in [1.54, 1.807) is 21.9 Å². The number of amides is 2. The maximum absolute atomic E-state index is 14.6. The Morgan fingerprint density at radius 1 is 1.40 bits per heavy atom. The van der Waals surface area contributed by atoms with Crippen LogP contribution in [0.5, 0.6) is 0 Å². The van der Waals surface area contributed by atoms with Gasteiger partial charge in [-0.3, -0.25) is 9.59 Å². The second-order valence-corrected chi connectivity index (χ2v) is 7.02. The number of halogens is 1. The van der Waals surface area contributed by atoms with Crippen molar-refractivity contribution in [3.63, 3.8) is 0 Å². The summed E-state index contributed by atoms with van der Waals surface area (Å²) in [4.78, 5) is 26.9. The van der Waals surface area contributed by atoms with Crippen LogP contribution in [0.25, 0.3) is 0 Å². The maximum Gasteiger partial charge on any atom is 0.254 e. The molecule has 25 heavy (non-hydrogen) atoms. The molecule has 1 heterocycles. The Balaban J connectivity index is 1.77. The first-order valence-corrected chi connectivity index (χ1v) is 8.81. The molecule has 1 saturated heterocycles. The molecule has 1 saturated carbocycles. The van der Waals surface area contributed by atoms with E-state index in [4.69, 9.17) is 6.42 Å². The number of hydrogen-bond donors (Lipinski definition) is 0. The number of terminal acetylenes is 1. The Labute approximate surface area is 148 Å². The van der Waals surface area contributed by atoms with E-state index in [9.17, 15) is 14.0 Å². The molecule has 0 bridgehead atoms. The Bertz CT molecular complexity index is 708. The summed E-state index contributed by atoms with van der Waals surface area (Å²) < 4.78 is 14.6. The van der Waals surface area contributed by atoms with Crippen LogP contribution in [0, 0.1) is 24.1 Å². The third-order valence-electron chi connectivity index (χ3n) is 5.45. The maximum atomic E-state index is 14.6. The van der Waals surface area contributed by atoms with E-state index < -0.39 is 5.82 Å². The lowest BCUT2D eigenvalue weighted by Crippen LogP contribution is -2.53. The summed E-state index contributed by atoms with van der Waals surface area (Å²) in [7, 11) is 0. The molecule has 132 valence electrons. The zero-order valence-corrected chi connectivity index (χ0v) is 14.5. The van der Waals surface area contributed by atoms with Crippen LogP contribution in [0.2, 0.25) is 0 Å². The minimum absolute atomic E-state index is 0.0948. The predicted molar refractivity (Wildman–Crippen MR) is 93.5 cm³/mol. The number of rotatable bonds is 4. The minimum atomic E-state index is -0.403. The van der Waals surface area contributed by atoms with Gasteiger partial charge in [0.15, 0.2) is 0 Å². The van der Waals surface area contributed by atoms with Gasteiger partial charge in [-0.1, -0.05) is 18.4 Å². The molecule has 2 unspecified atom stereocenters. The molecule has 1 aromatic carbocycles. The van der Waals surface area contributed by atoms with Gasteiger partial charge in [-0.25, -0.2) is 4.39 Å². The number of piperazine rings is 1. The van der Waals surface area contributed by atoms with E-state index in [1.807, 2.05) is 6.92 Å². The van der Waals surface area contributed by atoms with Gasteiger partial charge < -0.3 is 9.80 Å². The highest BCUT2D eigenvalue weighted by molar-refractivity contribution is 5.94. The Morgan fingerprint density at radius 3 is 2.68 bits per heavy atom. The fourth-order valence-corrected chi connectivity index (χ4v) is 3.71. The van der Waals surface area contributed by atoms with Crippen LogP contribution in [0.1, 0.15) is 48.0 Å². The summed E-state index contributed by atoms with van der Waals surface area (Å²) >= 11 is 0. The van der Waals surface area contributed by atoms with Crippen molar-refractivity contribution in [1.82, 2.24) is 9.80 Å². The smallest absolute Gasteiger partial charge is 0.254 e. The second kappa shape index (κ2) is 7.26. The summed E-state index contributed by atoms with van der Waals surface area (Å²) in [5.74, 6) is 2.24. The van der Waals surface area contributed by atoms with Gasteiger partial charge in [0.05, 0.1) is 5.92 Å². The third kappa shape index (κ3) is 3.39. The lowest BCUT2D eigenvalue weighted by Gasteiger charge is -2.38. The summed E-state index contributed by atoms with van der Waals surface area (Å²) in [6.07, 6.45) is 9.63. The Kier molecular flexibility index (Phi) is 5.08. The summed E-state index contributed by atoms with van der Waals surface area (Å²) in [5.41, 5.74) is 0.847. The van der Waals surface area contributed by atoms with Crippen molar-refractivity contribution in [3.05, 3.63) is 35.1 Å². The van der Waals surface area contributed by atoms with Crippen molar-refractivity contribution >= 4 is 12.3 Å². The van der Waals surface area contributed by atoms with E-state index in [2.05, 4.69) is 5.92 Å². The van der Waals surface area contributed by atoms with Gasteiger partial charge in [0.25, 0.3) is 5.91 Å². The zero-order valence-electron chi connectivity index (χ0n) is 14.5. The molecule has 4 nitrogen and oxygen atoms in total. The number of benzene rings is 1. The normalized spacial score (nSPS) is 22.0. The lowest BCUT2D eigenvalue weighted by atomic mass is 9.73. The summed E-state index contributed by atoms with van der Waals surface area (Å²) in [5, 5.41) is 0. The van der Waals surface area contributed by atoms with Crippen molar-refractivity contribution in [3.8, 4) is 12.3 Å². The first kappa shape index (κ1) is 17.5. The molecule has 2 fully saturated rings. The van der Waals surface area contributed by atoms with Crippen LogP contribution in [0.15, 0.2) is 18.2 Å². The highest BCUT2D eigenvalue weighted by Crippen LogP contribution is 2.39. The third-order valence-corrected chi connectivity index (χ3v) is 5.45. The van der Waals surface area contributed by atoms with Crippen molar-refractivity contribution in [2.75, 3.05) is 19.6 Å². The molecule has 2 atom stereocenters. The van der Waals surface area contributed by atoms with Gasteiger partial charge in [-0.15, -0.1) is 6.42 Å². The molecular weight excluding hydrogens is 319 g/mol. The van der Waals surface area contributed by atoms with Crippen molar-refractivity contribution < 1.29 is 14.0 Å². The molecule has 1 aliphatic heterocycles. The van der Waals surface area contributed by atoms with Gasteiger partial charge in [0.2, 0.25) is 6.41 Å². The monoisotopic (exact) mass is 342 g/mol. The van der Waals surface area contributed by atoms with Crippen LogP contribution < -0.4 is 0 Å². The van der Waals surface area contributed by atoms with Gasteiger partial charge in [0.1, 0.15) is 5.82 Å². The molecule has 2 aliphatic rings. The second-order valence-electron chi connectivity index (χ2n) is 7.02. The zero-order chi connectivity index (χ0) is 18.0. The van der Waals surface area contributed by atoms with E-state index in [-0.39, 0.29) is 17.9 Å². The molecule has 3 rings (SSSR count). The van der Waals surface area contributed by atoms with Gasteiger partial charge >= 0.3 is 0 Å². The Morgan fingerprint density at radius 2 is 2.16 bits per heavy atom. The van der Waals surface area contributed by atoms with E-state index in [0.717, 1.165) is 25.7 Å². The summed E-state index contributed by atoms with van der Waals surface area (Å²) in [6.45, 7) is 3.35. The van der Waals surface area contributed by atoms with Crippen LogP contribution in [0.3, 0.4) is 0 Å². The van der Waals surface area contributed by atoms with Gasteiger partial charge in [0, 0.05) is 36.8 Å². The fourth-order valence-electron chi connectivity index (χ4n) is 3.71. The lowest BCUT2D eigenvalue weighted by molar-refractivity contribution is -0.120. The highest BCUT2D eigenvalue weighted by Gasteiger charge is 2.31. The average molecular weight is 342 g/mol. The molecular formula is C20H23FN2O2. The van der Waals surface area contributed by atoms with Crippen LogP contribution in [-0.2, 0) is 4.79 Å². The van der Waals surface area contributed by atoms with Crippen LogP contribution in [0.4, 0.5) is 4.39 Å². The first-order chi connectivity index (χ1) is 12.0. The number of carbonyl (C=O) groups is 2. The first-order valence-electron chi connectivity index (χ1n) is 8.81. The largest absolute Gasteiger partial charge is 0.341 e. The van der Waals surface area contributed by atoms with Gasteiger partial charge in [-0.2, -0.15) is 0 Å². The van der Waals surface area contributed by atoms with E-state index in [0.29, 0.717) is 36.7 Å². The highest BCUT2D eigenvalue weighted by atomic mass is 19.1. The van der Waals surface area contributed by atoms with Crippen molar-refractivity contribution in [1.29, 1.82) is 0 Å². The SMILES string of the molecule is C#CC(c1ccc(C(=O)N2CCN(C=O)CC2C)cc1F)C1CCC1. The quantitative estimate of drug-likeness (QED) is 0.623. The van der Waals surface area contributed by atoms with Crippen molar-refractivity contribution in [2.24, 2.45) is 5.92 Å². The molecule has 0 aromatic heterocycles. The number of carbonyl (C=O) groups excluding carboxylic acids is 2. The van der Waals surface area contributed by atoms with E-state index >= 15 is 0 Å². The Hall–Kier alpha value is -2.35. The van der Waals surface area contributed by atoms with Crippen molar-refractivity contribution in [2.45, 2.75) is 38.1 Å². The molecule has 1 aromatic rings. The predicted octanol–water partition coefficient (Wildman–Crippen LogP) is 2.65. The molecule has 2 amide bonds. The standard InChI is InChI=1S/C20H23FN2O2/c1-3-17(15-5-4-6-15)18-8-7-16(11-19(18)21)20(25)23-10-9-22(13-24)12-14(23)2/h1,7-8,11,13-15,17H,4-6,9-10,12H2,2H3. The molecule has 0 spiro atoms. The number of hydrogen-bond acceptors (Lipinski definition) is 2. The van der Waals surface area contributed by atoms with Gasteiger partial charge in [-0.05, 0) is 37.8 Å². The van der Waals surface area contributed by atoms with Crippen LogP contribution in [-0.4, -0.2) is 47.8 Å². The average Bonchev–Trinajstić information content (AvgIpc) is 2.57. The molecule has 1 aliphatic carbocycles. The molecule has 0 radical (unpaired) electrons. The minimum Gasteiger partial charge on any atom is -0.341 e. The fraction of sp³-hybridized carbons (Fsp3) is 0.500. The molecule has 0 N–H and O–H groups in total. The van der Waals surface area contributed by atoms with Crippen LogP contribution >= 0.6 is 0 Å².